The predicted octanol–water partition coefficient (Wildman–Crippen LogP) is 5.94. The van der Waals surface area contributed by atoms with Crippen molar-refractivity contribution in [2.45, 2.75) is 18.8 Å². The summed E-state index contributed by atoms with van der Waals surface area (Å²) in [4.78, 5) is 0. The summed E-state index contributed by atoms with van der Waals surface area (Å²) in [6.45, 7) is 8.20. The van der Waals surface area contributed by atoms with Gasteiger partial charge in [-0.2, -0.15) is 0 Å². The maximum absolute atomic E-state index is 14.3. The van der Waals surface area contributed by atoms with E-state index in [2.05, 4.69) is 67.6 Å². The largest absolute Gasteiger partial charge is 1.00 e. The molecule has 5 aromatic carbocycles. The van der Waals surface area contributed by atoms with E-state index in [4.69, 9.17) is 46.9 Å². The molecule has 6 nitrogen and oxygen atoms in total. The van der Waals surface area contributed by atoms with Crippen LogP contribution in [0.15, 0.2) is 133 Å². The Morgan fingerprint density at radius 3 is 0.868 bits per heavy atom. The molecule has 0 saturated carbocycles. The van der Waals surface area contributed by atoms with E-state index in [0.29, 0.717) is 66.1 Å². The first kappa shape index (κ1) is 44.7. The Morgan fingerprint density at radius 2 is 0.660 bits per heavy atom. The molecule has 1 aliphatic heterocycles. The van der Waals surface area contributed by atoms with Crippen LogP contribution in [-0.2, 0) is 23.7 Å². The van der Waals surface area contributed by atoms with Crippen molar-refractivity contribution in [2.75, 3.05) is 71.4 Å². The zero-order valence-electron chi connectivity index (χ0n) is 30.8. The molecule has 0 N–H and O–H groups in total. The molecule has 276 valence electrons. The number of halogens is 2. The van der Waals surface area contributed by atoms with Gasteiger partial charge in [-0.1, -0.05) is 139 Å². The fraction of sp³-hybridized carbons (Fsp3) is 0.318. The van der Waals surface area contributed by atoms with Crippen LogP contribution in [0.1, 0.15) is 50.8 Å². The van der Waals surface area contributed by atoms with Crippen LogP contribution in [0.2, 0.25) is 0 Å². The van der Waals surface area contributed by atoms with E-state index < -0.39 is 0 Å². The second kappa shape index (κ2) is 27.0. The van der Waals surface area contributed by atoms with Gasteiger partial charge in [-0.25, -0.2) is 0 Å². The van der Waals surface area contributed by atoms with Gasteiger partial charge in [0.15, 0.2) is 0 Å². The number of alkyl halides is 2. The van der Waals surface area contributed by atoms with E-state index in [1.807, 2.05) is 72.8 Å². The van der Waals surface area contributed by atoms with Crippen molar-refractivity contribution in [2.24, 2.45) is 0 Å². The Morgan fingerprint density at radius 1 is 0.453 bits per heavy atom. The molecular formula is C44H49Cl2NaO6. The molecule has 1 fully saturated rings. The van der Waals surface area contributed by atoms with Gasteiger partial charge in [-0.05, 0) is 40.3 Å². The standard InChI is InChI=1S/C33H28O.C10H20O5.CH2Cl2.Na/c1-24-22-29(31(25-14-6-2-7-15-25)26-16-8-3-9-17-26)33(34)30(23-24)32(27-18-10-4-11-19-27)28-20-12-5-13-21-28;1-2-12-5-6-14-9-10-15-8-7-13-4-3-11-1;2-1-3;/h2-23,31-32,34H,1H3;1-10H2;1H2;/q;;;+1/p-1. The van der Waals surface area contributed by atoms with Crippen LogP contribution in [0, 0.1) is 6.92 Å². The Bertz CT molecular complexity index is 1410. The minimum Gasteiger partial charge on any atom is -0.872 e. The third kappa shape index (κ3) is 15.5. The van der Waals surface area contributed by atoms with E-state index in [1.165, 1.54) is 0 Å². The minimum absolute atomic E-state index is 0. The second-order valence-corrected chi connectivity index (χ2v) is 12.8. The van der Waals surface area contributed by atoms with Crippen LogP contribution in [0.3, 0.4) is 0 Å². The molecular weight excluding hydrogens is 718 g/mol. The normalized spacial score (nSPS) is 14.3. The number of hydrogen-bond acceptors (Lipinski definition) is 6. The van der Waals surface area contributed by atoms with Crippen LogP contribution < -0.4 is 34.7 Å². The van der Waals surface area contributed by atoms with E-state index in [0.717, 1.165) is 38.9 Å². The molecule has 5 aromatic rings. The molecule has 0 radical (unpaired) electrons. The molecule has 0 spiro atoms. The molecule has 1 heterocycles. The van der Waals surface area contributed by atoms with E-state index >= 15 is 0 Å². The number of ether oxygens (including phenoxy) is 5. The van der Waals surface area contributed by atoms with Gasteiger partial charge >= 0.3 is 29.6 Å². The van der Waals surface area contributed by atoms with Crippen molar-refractivity contribution in [3.05, 3.63) is 172 Å². The van der Waals surface area contributed by atoms with Crippen LogP contribution in [-0.4, -0.2) is 71.4 Å². The molecule has 0 aromatic heterocycles. The van der Waals surface area contributed by atoms with E-state index in [-0.39, 0.29) is 52.5 Å². The van der Waals surface area contributed by atoms with Gasteiger partial charge in [0.25, 0.3) is 0 Å². The van der Waals surface area contributed by atoms with Crippen molar-refractivity contribution in [3.63, 3.8) is 0 Å². The molecule has 9 heteroatoms. The smallest absolute Gasteiger partial charge is 0.872 e. The minimum atomic E-state index is -0.124. The number of benzene rings is 5. The first-order chi connectivity index (χ1) is 25.6. The summed E-state index contributed by atoms with van der Waals surface area (Å²) in [5.41, 5.74) is 7.24. The molecule has 1 aliphatic rings. The quantitative estimate of drug-likeness (QED) is 0.121. The molecule has 53 heavy (non-hydrogen) atoms. The molecule has 6 rings (SSSR count). The first-order valence-corrected chi connectivity index (χ1v) is 18.7. The van der Waals surface area contributed by atoms with Crippen molar-refractivity contribution in [3.8, 4) is 5.75 Å². The molecule has 0 amide bonds. The molecule has 1 saturated heterocycles. The van der Waals surface area contributed by atoms with Gasteiger partial charge in [0.05, 0.1) is 71.4 Å². The third-order valence-corrected chi connectivity index (χ3v) is 8.30. The molecule has 0 bridgehead atoms. The summed E-state index contributed by atoms with van der Waals surface area (Å²) in [7, 11) is 0. The van der Waals surface area contributed by atoms with Gasteiger partial charge in [0.2, 0.25) is 0 Å². The maximum Gasteiger partial charge on any atom is 1.00 e. The van der Waals surface area contributed by atoms with Gasteiger partial charge in [-0.3, -0.25) is 0 Å². The average Bonchev–Trinajstić information content (AvgIpc) is 3.19. The van der Waals surface area contributed by atoms with Gasteiger partial charge in [0, 0.05) is 11.8 Å². The van der Waals surface area contributed by atoms with Gasteiger partial charge in [-0.15, -0.1) is 29.0 Å². The number of hydrogen-bond donors (Lipinski definition) is 0. The third-order valence-electron chi connectivity index (χ3n) is 8.30. The first-order valence-electron chi connectivity index (χ1n) is 17.7. The van der Waals surface area contributed by atoms with Gasteiger partial charge in [0.1, 0.15) is 0 Å². The summed E-state index contributed by atoms with van der Waals surface area (Å²) in [6.07, 6.45) is 0. The summed E-state index contributed by atoms with van der Waals surface area (Å²) in [6, 6.07) is 45.5. The van der Waals surface area contributed by atoms with Crippen molar-refractivity contribution in [1.29, 1.82) is 0 Å². The Hall–Kier alpha value is -2.72. The number of rotatable bonds is 6. The summed E-state index contributed by atoms with van der Waals surface area (Å²) in [5.74, 6) is -0.137. The number of aryl methyl sites for hydroxylation is 1. The predicted molar refractivity (Wildman–Crippen MR) is 209 cm³/mol. The summed E-state index contributed by atoms with van der Waals surface area (Å²) < 4.78 is 26.4. The van der Waals surface area contributed by atoms with Crippen LogP contribution in [0.25, 0.3) is 0 Å². The fourth-order valence-corrected chi connectivity index (χ4v) is 6.04. The molecule has 0 unspecified atom stereocenters. The zero-order valence-corrected chi connectivity index (χ0v) is 34.4. The molecule has 0 aliphatic carbocycles. The van der Waals surface area contributed by atoms with E-state index in [1.54, 1.807) is 0 Å². The topological polar surface area (TPSA) is 69.2 Å². The van der Waals surface area contributed by atoms with Crippen molar-refractivity contribution < 1.29 is 58.3 Å². The SMILES string of the molecule is C1COCCOCCOCCOCCO1.Cc1cc(C(c2ccccc2)c2ccccc2)c([O-])c(C(c2ccccc2)c2ccccc2)c1.ClCCl.[Na+]. The fourth-order valence-electron chi connectivity index (χ4n) is 6.04. The summed E-state index contributed by atoms with van der Waals surface area (Å²) >= 11 is 9.53. The van der Waals surface area contributed by atoms with Gasteiger partial charge < -0.3 is 28.8 Å². The van der Waals surface area contributed by atoms with Crippen LogP contribution >= 0.6 is 23.2 Å². The van der Waals surface area contributed by atoms with Crippen LogP contribution in [0.4, 0.5) is 0 Å². The summed E-state index contributed by atoms with van der Waals surface area (Å²) in [5, 5.41) is 14.5. The van der Waals surface area contributed by atoms with E-state index in [9.17, 15) is 5.11 Å². The zero-order chi connectivity index (χ0) is 36.6. The average molecular weight is 768 g/mol. The van der Waals surface area contributed by atoms with Crippen molar-refractivity contribution >= 4 is 23.2 Å². The monoisotopic (exact) mass is 766 g/mol. The Kier molecular flexibility index (Phi) is 22.7. The second-order valence-electron chi connectivity index (χ2n) is 11.9. The maximum atomic E-state index is 14.3. The Labute approximate surface area is 347 Å². The van der Waals surface area contributed by atoms with Crippen molar-refractivity contribution in [1.82, 2.24) is 0 Å². The molecule has 0 atom stereocenters. The Balaban J connectivity index is 0.000000335. The van der Waals surface area contributed by atoms with Crippen LogP contribution in [0.5, 0.6) is 5.75 Å².